The predicted molar refractivity (Wildman–Crippen MR) is 104 cm³/mol. The number of ketones is 1. The lowest BCUT2D eigenvalue weighted by Gasteiger charge is -2.48. The van der Waals surface area contributed by atoms with Gasteiger partial charge in [0.05, 0.1) is 0 Å². The summed E-state index contributed by atoms with van der Waals surface area (Å²) in [5, 5.41) is 25.5. The Bertz CT molecular complexity index is 788. The second-order valence-electron chi connectivity index (χ2n) is 8.50. The number of ether oxygens (including phenoxy) is 1. The van der Waals surface area contributed by atoms with Gasteiger partial charge in [0.1, 0.15) is 24.7 Å². The van der Waals surface area contributed by atoms with Crippen LogP contribution in [0, 0.1) is 17.3 Å². The van der Waals surface area contributed by atoms with Gasteiger partial charge in [-0.25, -0.2) is 9.59 Å². The summed E-state index contributed by atoms with van der Waals surface area (Å²) in [5.41, 5.74) is 2.75. The topological polar surface area (TPSA) is 121 Å². The highest BCUT2D eigenvalue weighted by Crippen LogP contribution is 2.59. The molecule has 2 fully saturated rings. The second-order valence-corrected chi connectivity index (χ2v) is 8.50. The Morgan fingerprint density at radius 2 is 1.79 bits per heavy atom. The molecule has 4 rings (SSSR count). The van der Waals surface area contributed by atoms with Gasteiger partial charge >= 0.3 is 11.9 Å². The molecule has 0 bridgehead atoms. The van der Waals surface area contributed by atoms with E-state index in [4.69, 9.17) is 10.2 Å². The van der Waals surface area contributed by atoms with Crippen molar-refractivity contribution in [2.24, 2.45) is 17.3 Å². The van der Waals surface area contributed by atoms with Crippen molar-refractivity contribution >= 4 is 17.7 Å². The number of phenolic OH excluding ortho intramolecular Hbond substituents is 1. The number of carbonyl (C=O) groups excluding carboxylic acids is 1. The average molecular weight is 404 g/mol. The lowest BCUT2D eigenvalue weighted by atomic mass is 9.55. The number of rotatable bonds is 4. The first-order chi connectivity index (χ1) is 13.7. The molecule has 1 aromatic carbocycles. The van der Waals surface area contributed by atoms with Crippen LogP contribution in [-0.2, 0) is 25.5 Å². The van der Waals surface area contributed by atoms with E-state index in [2.05, 4.69) is 17.7 Å². The molecule has 0 unspecified atom stereocenters. The lowest BCUT2D eigenvalue weighted by Crippen LogP contribution is -2.42. The van der Waals surface area contributed by atoms with E-state index in [1.165, 1.54) is 17.5 Å². The molecule has 0 heterocycles. The number of fused-ring (bicyclic) bond motifs is 5. The van der Waals surface area contributed by atoms with Crippen molar-refractivity contribution in [1.29, 1.82) is 0 Å². The molecule has 0 radical (unpaired) electrons. The van der Waals surface area contributed by atoms with Crippen LogP contribution in [0.4, 0.5) is 0 Å². The first-order valence-corrected chi connectivity index (χ1v) is 10.1. The number of benzene rings is 1. The SMILES string of the molecule is C[C@]12CC[C@@H]3c4ccc(O)cc4CC[C@H]3[C@@H]1CCC2=O.O=C(O)COCC(=O)O. The highest BCUT2D eigenvalue weighted by Gasteiger charge is 2.54. The maximum Gasteiger partial charge on any atom is 0.329 e. The standard InChI is InChI=1S/C18H22O2.C4H6O5/c1-18-9-8-14-13-5-3-12(19)10-11(13)2-4-15(14)16(18)6-7-17(18)20;5-3(6)1-9-2-4(7)8/h3,5,10,14-16,19H,2,4,6-9H2,1H3;1-2H2,(H,5,6)(H,7,8)/t14-,15-,16+,18+;/m1./s1. The number of carbonyl (C=O) groups is 3. The predicted octanol–water partition coefficient (Wildman–Crippen LogP) is 2.99. The third-order valence-corrected chi connectivity index (χ3v) is 6.87. The lowest BCUT2D eigenvalue weighted by molar-refractivity contribution is -0.148. The van der Waals surface area contributed by atoms with Gasteiger partial charge in [0.15, 0.2) is 0 Å². The highest BCUT2D eigenvalue weighted by atomic mass is 16.5. The van der Waals surface area contributed by atoms with Gasteiger partial charge < -0.3 is 20.1 Å². The smallest absolute Gasteiger partial charge is 0.329 e. The number of aliphatic carboxylic acids is 2. The largest absolute Gasteiger partial charge is 0.508 e. The van der Waals surface area contributed by atoms with Crippen molar-refractivity contribution < 1.29 is 34.4 Å². The van der Waals surface area contributed by atoms with Gasteiger partial charge in [0, 0.05) is 11.8 Å². The van der Waals surface area contributed by atoms with Crippen molar-refractivity contribution in [3.05, 3.63) is 29.3 Å². The third-order valence-electron chi connectivity index (χ3n) is 6.87. The van der Waals surface area contributed by atoms with E-state index in [0.717, 1.165) is 32.1 Å². The third kappa shape index (κ3) is 4.45. The molecule has 7 heteroatoms. The van der Waals surface area contributed by atoms with Gasteiger partial charge in [-0.3, -0.25) is 4.79 Å². The van der Waals surface area contributed by atoms with Crippen molar-refractivity contribution in [1.82, 2.24) is 0 Å². The number of hydrogen-bond donors (Lipinski definition) is 3. The van der Waals surface area contributed by atoms with Gasteiger partial charge in [-0.2, -0.15) is 0 Å². The summed E-state index contributed by atoms with van der Waals surface area (Å²) in [6.45, 7) is 1.09. The summed E-state index contributed by atoms with van der Waals surface area (Å²) in [6.07, 6.45) is 6.34. The van der Waals surface area contributed by atoms with Crippen molar-refractivity contribution in [3.63, 3.8) is 0 Å². The first kappa shape index (κ1) is 21.3. The Morgan fingerprint density at radius 1 is 1.10 bits per heavy atom. The van der Waals surface area contributed by atoms with E-state index in [0.29, 0.717) is 29.3 Å². The van der Waals surface area contributed by atoms with Gasteiger partial charge in [-0.15, -0.1) is 0 Å². The summed E-state index contributed by atoms with van der Waals surface area (Å²) in [7, 11) is 0. The number of phenols is 1. The van der Waals surface area contributed by atoms with Crippen molar-refractivity contribution in [2.75, 3.05) is 13.2 Å². The molecule has 29 heavy (non-hydrogen) atoms. The zero-order valence-corrected chi connectivity index (χ0v) is 16.6. The number of carboxylic acids is 2. The van der Waals surface area contributed by atoms with E-state index in [1.54, 1.807) is 0 Å². The number of hydrogen-bond acceptors (Lipinski definition) is 5. The summed E-state index contributed by atoms with van der Waals surface area (Å²) >= 11 is 0. The molecule has 1 aromatic rings. The maximum absolute atomic E-state index is 12.3. The van der Waals surface area contributed by atoms with E-state index in [9.17, 15) is 19.5 Å². The molecule has 3 aliphatic carbocycles. The fourth-order valence-electron chi connectivity index (χ4n) is 5.57. The van der Waals surface area contributed by atoms with Crippen molar-refractivity contribution in [2.45, 2.75) is 51.4 Å². The monoisotopic (exact) mass is 404 g/mol. The Morgan fingerprint density at radius 3 is 2.45 bits per heavy atom. The van der Waals surface area contributed by atoms with Crippen molar-refractivity contribution in [3.8, 4) is 5.75 Å². The molecule has 0 aromatic heterocycles. The zero-order chi connectivity index (χ0) is 21.2. The zero-order valence-electron chi connectivity index (χ0n) is 16.6. The Hall–Kier alpha value is -2.41. The van der Waals surface area contributed by atoms with Crippen LogP contribution in [0.1, 0.15) is 56.1 Å². The Kier molecular flexibility index (Phi) is 6.27. The molecule has 0 aliphatic heterocycles. The van der Waals surface area contributed by atoms with Crippen LogP contribution in [0.2, 0.25) is 0 Å². The van der Waals surface area contributed by atoms with Gasteiger partial charge in [-0.1, -0.05) is 13.0 Å². The van der Waals surface area contributed by atoms with Crippen LogP contribution in [0.5, 0.6) is 5.75 Å². The molecule has 0 amide bonds. The molecule has 7 nitrogen and oxygen atoms in total. The molecule has 3 N–H and O–H groups in total. The summed E-state index contributed by atoms with van der Waals surface area (Å²) in [6, 6.07) is 5.90. The highest BCUT2D eigenvalue weighted by molar-refractivity contribution is 5.87. The summed E-state index contributed by atoms with van der Waals surface area (Å²) in [4.78, 5) is 31.6. The molecule has 2 saturated carbocycles. The van der Waals surface area contributed by atoms with E-state index < -0.39 is 25.2 Å². The molecular formula is C22H28O7. The summed E-state index contributed by atoms with van der Waals surface area (Å²) < 4.78 is 4.16. The quantitative estimate of drug-likeness (QED) is 0.705. The van der Waals surface area contributed by atoms with Gasteiger partial charge in [0.25, 0.3) is 0 Å². The Balaban J connectivity index is 0.000000229. The van der Waals surface area contributed by atoms with Crippen LogP contribution >= 0.6 is 0 Å². The normalized spacial score (nSPS) is 29.7. The van der Waals surface area contributed by atoms with Crippen LogP contribution in [0.25, 0.3) is 0 Å². The van der Waals surface area contributed by atoms with Crippen LogP contribution in [-0.4, -0.2) is 46.3 Å². The van der Waals surface area contributed by atoms with Gasteiger partial charge in [0.2, 0.25) is 0 Å². The minimum atomic E-state index is -1.17. The average Bonchev–Trinajstić information content (AvgIpc) is 2.96. The number of Topliss-reactive ketones (excluding diaryl/α,β-unsaturated/α-hetero) is 1. The molecule has 158 valence electrons. The number of aryl methyl sites for hydroxylation is 1. The first-order valence-electron chi connectivity index (χ1n) is 10.1. The molecule has 4 atom stereocenters. The van der Waals surface area contributed by atoms with Crippen LogP contribution < -0.4 is 0 Å². The minimum absolute atomic E-state index is 0.0322. The molecule has 3 aliphatic rings. The van der Waals surface area contributed by atoms with E-state index in [1.807, 2.05) is 12.1 Å². The van der Waals surface area contributed by atoms with E-state index >= 15 is 0 Å². The second kappa shape index (κ2) is 8.53. The molecule has 0 spiro atoms. The summed E-state index contributed by atoms with van der Waals surface area (Å²) in [5.74, 6) is 0.445. The fourth-order valence-corrected chi connectivity index (χ4v) is 5.57. The van der Waals surface area contributed by atoms with Crippen LogP contribution in [0.3, 0.4) is 0 Å². The Labute approximate surface area is 169 Å². The number of aromatic hydroxyl groups is 1. The van der Waals surface area contributed by atoms with Gasteiger partial charge in [-0.05, 0) is 73.1 Å². The molecular weight excluding hydrogens is 376 g/mol. The minimum Gasteiger partial charge on any atom is -0.508 e. The number of carboxylic acid groups (broad SMARTS) is 2. The fraction of sp³-hybridized carbons (Fsp3) is 0.591. The van der Waals surface area contributed by atoms with Crippen LogP contribution in [0.15, 0.2) is 18.2 Å². The van der Waals surface area contributed by atoms with E-state index in [-0.39, 0.29) is 5.41 Å². The molecule has 0 saturated heterocycles. The maximum atomic E-state index is 12.3.